The maximum Gasteiger partial charge on any atom is 0.410 e. The Labute approximate surface area is 424 Å². The van der Waals surface area contributed by atoms with Crippen LogP contribution in [-0.4, -0.2) is 143 Å². The van der Waals surface area contributed by atoms with E-state index in [0.29, 0.717) is 61.0 Å². The molecule has 396 valence electrons. The van der Waals surface area contributed by atoms with Crippen LogP contribution in [0.2, 0.25) is 0 Å². The molecule has 2 aliphatic carbocycles. The Morgan fingerprint density at radius 3 is 1.57 bits per heavy atom. The number of tetrazole rings is 2. The van der Waals surface area contributed by atoms with E-state index in [0.717, 1.165) is 62.7 Å². The van der Waals surface area contributed by atoms with Crippen LogP contribution in [0.3, 0.4) is 0 Å². The highest BCUT2D eigenvalue weighted by atomic mass is 32.2. The number of benzene rings is 2. The molecule has 4 fully saturated rings. The van der Waals surface area contributed by atoms with Gasteiger partial charge in [0.25, 0.3) is 0 Å². The van der Waals surface area contributed by atoms with E-state index in [1.54, 1.807) is 50.9 Å². The first-order chi connectivity index (χ1) is 34.1. The number of hydrogen-bond acceptors (Lipinski definition) is 16. The van der Waals surface area contributed by atoms with Crippen molar-refractivity contribution in [3.63, 3.8) is 0 Å². The van der Waals surface area contributed by atoms with Crippen molar-refractivity contribution in [3.05, 3.63) is 36.4 Å². The summed E-state index contributed by atoms with van der Waals surface area (Å²) in [5, 5.41) is 32.9. The van der Waals surface area contributed by atoms with Crippen molar-refractivity contribution in [2.45, 2.75) is 177 Å². The van der Waals surface area contributed by atoms with Crippen LogP contribution in [-0.2, 0) is 29.5 Å². The predicted octanol–water partition coefficient (Wildman–Crippen LogP) is 7.13. The molecule has 4 heterocycles. The lowest BCUT2D eigenvalue weighted by molar-refractivity contribution is 0.0153. The fourth-order valence-corrected chi connectivity index (χ4v) is 11.1. The highest BCUT2D eigenvalue weighted by Gasteiger charge is 2.33. The Bertz CT molecular complexity index is 2710. The van der Waals surface area contributed by atoms with Crippen molar-refractivity contribution in [1.29, 1.82) is 0 Å². The number of ether oxygens (including phenoxy) is 2. The number of nitrogens with zero attached hydrogens (tertiary/aromatic N) is 10. The van der Waals surface area contributed by atoms with Gasteiger partial charge in [0.1, 0.15) is 11.2 Å². The first-order valence-corrected chi connectivity index (χ1v) is 28.3. The quantitative estimate of drug-likeness (QED) is 0.110. The van der Waals surface area contributed by atoms with E-state index >= 15 is 0 Å². The molecular formula is C48H74N14O8S2. The molecule has 24 heteroatoms. The maximum atomic E-state index is 12.7. The first kappa shape index (κ1) is 54.3. The van der Waals surface area contributed by atoms with Crippen LogP contribution < -0.4 is 20.1 Å². The molecule has 2 unspecified atom stereocenters. The summed E-state index contributed by atoms with van der Waals surface area (Å²) in [6.07, 6.45) is 13.9. The Kier molecular flexibility index (Phi) is 17.5. The third-order valence-electron chi connectivity index (χ3n) is 13.2. The van der Waals surface area contributed by atoms with E-state index in [1.165, 1.54) is 57.4 Å². The van der Waals surface area contributed by atoms with Crippen molar-refractivity contribution < 1.29 is 35.9 Å². The normalized spacial score (nSPS) is 19.8. The molecular weight excluding hydrogens is 965 g/mol. The molecule has 2 aliphatic heterocycles. The van der Waals surface area contributed by atoms with Gasteiger partial charge < -0.3 is 29.9 Å². The molecule has 2 amide bonds. The van der Waals surface area contributed by atoms with E-state index in [2.05, 4.69) is 51.0 Å². The minimum Gasteiger partial charge on any atom is -0.444 e. The monoisotopic (exact) mass is 1040 g/mol. The second-order valence-electron chi connectivity index (χ2n) is 21.1. The Balaban J connectivity index is 0.000000211. The van der Waals surface area contributed by atoms with Gasteiger partial charge in [0.05, 0.1) is 21.9 Å². The number of sulfonamides is 2. The first-order valence-electron chi connectivity index (χ1n) is 25.4. The van der Waals surface area contributed by atoms with Gasteiger partial charge >= 0.3 is 12.2 Å². The lowest BCUT2D eigenvalue weighted by Gasteiger charge is -2.34. The Morgan fingerprint density at radius 2 is 1.07 bits per heavy atom. The van der Waals surface area contributed by atoms with Gasteiger partial charge in [0.15, 0.2) is 5.82 Å². The van der Waals surface area contributed by atoms with Crippen LogP contribution in [0.25, 0.3) is 22.8 Å². The fraction of sp³-hybridized carbons (Fsp3) is 0.667. The summed E-state index contributed by atoms with van der Waals surface area (Å²) in [5.41, 5.74) is 1.65. The summed E-state index contributed by atoms with van der Waals surface area (Å²) in [7, 11) is -4.53. The van der Waals surface area contributed by atoms with Crippen molar-refractivity contribution >= 4 is 43.6 Å². The number of likely N-dealkylation sites (tertiary alicyclic amines) is 2. The summed E-state index contributed by atoms with van der Waals surface area (Å²) in [6.45, 7) is 13.1. The number of aromatic nitrogens is 8. The van der Waals surface area contributed by atoms with Gasteiger partial charge in [0, 0.05) is 60.8 Å². The lowest BCUT2D eigenvalue weighted by atomic mass is 9.95. The smallest absolute Gasteiger partial charge is 0.410 e. The Hall–Kier alpha value is -5.46. The van der Waals surface area contributed by atoms with E-state index in [1.807, 2.05) is 41.5 Å². The van der Waals surface area contributed by atoms with Crippen LogP contribution in [0.4, 0.5) is 21.0 Å². The summed E-state index contributed by atoms with van der Waals surface area (Å²) in [5.74, 6) is 0.813. The molecule has 22 nitrogen and oxygen atoms in total. The summed E-state index contributed by atoms with van der Waals surface area (Å²) in [6, 6.07) is 10.3. The summed E-state index contributed by atoms with van der Waals surface area (Å²) >= 11 is 0. The number of rotatable bonds is 12. The standard InChI is InChI=1S/2C24H37N7O4S/c1-24(2,3)35-23(32)30-14-8-11-18(16-30)31-22(27-28-29-31)20-15-19(36(33,34)25-4)12-13-21(20)26-17-9-6-5-7-10-17;1-24(2,3)35-23(32)30-14-8-11-18(16-30)31-28-22(27-29-31)20-15-19(36(33,34)25-4)12-13-21(20)26-17-9-6-5-7-10-17/h2*12-13,15,17-18,25-26H,5-11,14,16H2,1-4H3. The molecule has 4 N–H and O–H groups in total. The third-order valence-corrected chi connectivity index (χ3v) is 16.1. The second-order valence-corrected chi connectivity index (χ2v) is 24.9. The number of hydrogen-bond donors (Lipinski definition) is 4. The molecule has 4 aliphatic rings. The molecule has 72 heavy (non-hydrogen) atoms. The van der Waals surface area contributed by atoms with Gasteiger partial charge in [-0.3, -0.25) is 0 Å². The molecule has 2 saturated carbocycles. The maximum absolute atomic E-state index is 12.7. The van der Waals surface area contributed by atoms with E-state index < -0.39 is 31.2 Å². The van der Waals surface area contributed by atoms with Gasteiger partial charge in [-0.2, -0.15) is 4.80 Å². The van der Waals surface area contributed by atoms with Crippen LogP contribution in [0.15, 0.2) is 46.2 Å². The van der Waals surface area contributed by atoms with Crippen molar-refractivity contribution in [2.24, 2.45) is 0 Å². The lowest BCUT2D eigenvalue weighted by Crippen LogP contribution is -2.43. The average Bonchev–Trinajstić information content (AvgIpc) is 4.06. The van der Waals surface area contributed by atoms with Gasteiger partial charge in [-0.1, -0.05) is 38.5 Å². The molecule has 2 aromatic heterocycles. The van der Waals surface area contributed by atoms with Crippen LogP contribution in [0.5, 0.6) is 0 Å². The third kappa shape index (κ3) is 14.2. The van der Waals surface area contributed by atoms with Crippen LogP contribution in [0, 0.1) is 0 Å². The SMILES string of the molecule is CNS(=O)(=O)c1ccc(NC2CCCCC2)c(-c2nnn(C3CCCN(C(=O)OC(C)(C)C)C3)n2)c1.CNS(=O)(=O)c1ccc(NC2CCCCC2)c(-c2nnnn2C2CCCN(C(=O)OC(C)(C)C)C2)c1. The van der Waals surface area contributed by atoms with Crippen LogP contribution >= 0.6 is 0 Å². The van der Waals surface area contributed by atoms with Crippen molar-refractivity contribution in [3.8, 4) is 22.8 Å². The topological polar surface area (TPSA) is 263 Å². The zero-order valence-electron chi connectivity index (χ0n) is 43.1. The van der Waals surface area contributed by atoms with Gasteiger partial charge in [-0.25, -0.2) is 40.6 Å². The van der Waals surface area contributed by atoms with Gasteiger partial charge in [0.2, 0.25) is 25.9 Å². The largest absolute Gasteiger partial charge is 0.444 e. The molecule has 2 aromatic carbocycles. The minimum absolute atomic E-state index is 0.138. The van der Waals surface area contributed by atoms with Crippen molar-refractivity contribution in [1.82, 2.24) is 59.7 Å². The van der Waals surface area contributed by atoms with E-state index in [4.69, 9.17) is 9.47 Å². The number of nitrogens with one attached hydrogen (secondary N) is 4. The minimum atomic E-state index is -3.66. The zero-order valence-corrected chi connectivity index (χ0v) is 44.7. The van der Waals surface area contributed by atoms with E-state index in [9.17, 15) is 26.4 Å². The molecule has 2 saturated heterocycles. The van der Waals surface area contributed by atoms with E-state index in [-0.39, 0.29) is 34.1 Å². The number of carbonyl (C=O) groups excluding carboxylic acids is 2. The molecule has 0 radical (unpaired) electrons. The summed E-state index contributed by atoms with van der Waals surface area (Å²) in [4.78, 5) is 30.5. The number of carbonyl (C=O) groups is 2. The molecule has 8 rings (SSSR count). The Morgan fingerprint density at radius 1 is 0.597 bits per heavy atom. The molecule has 4 aromatic rings. The molecule has 2 atom stereocenters. The second kappa shape index (κ2) is 23.2. The molecule has 0 spiro atoms. The highest BCUT2D eigenvalue weighted by molar-refractivity contribution is 7.89. The molecule has 0 bridgehead atoms. The van der Waals surface area contributed by atoms with Gasteiger partial charge in [-0.05, 0) is 159 Å². The van der Waals surface area contributed by atoms with Crippen molar-refractivity contribution in [2.75, 3.05) is 50.9 Å². The van der Waals surface area contributed by atoms with Gasteiger partial charge in [-0.15, -0.1) is 15.3 Å². The average molecular weight is 1040 g/mol. The highest BCUT2D eigenvalue weighted by Crippen LogP contribution is 2.36. The number of amides is 2. The zero-order chi connectivity index (χ0) is 51.8. The predicted molar refractivity (Wildman–Crippen MR) is 272 cm³/mol. The number of piperidine rings is 2. The summed E-state index contributed by atoms with van der Waals surface area (Å²) < 4.78 is 67.7. The number of anilines is 2. The fourth-order valence-electron chi connectivity index (χ4n) is 9.56. The van der Waals surface area contributed by atoms with Crippen LogP contribution in [0.1, 0.15) is 144 Å².